The molecule has 0 amide bonds. The SMILES string of the molecule is CCc1cccnc1C(NN)c1cc(C)c(C)cc1C. The molecule has 0 spiro atoms. The lowest BCUT2D eigenvalue weighted by molar-refractivity contribution is 0.611. The molecular formula is C17H23N3. The Morgan fingerprint density at radius 1 is 1.15 bits per heavy atom. The summed E-state index contributed by atoms with van der Waals surface area (Å²) in [6.45, 7) is 8.53. The van der Waals surface area contributed by atoms with E-state index in [1.54, 1.807) is 0 Å². The fourth-order valence-corrected chi connectivity index (χ4v) is 2.62. The first-order chi connectivity index (χ1) is 9.58. The lowest BCUT2D eigenvalue weighted by atomic mass is 9.92. The molecule has 1 aromatic carbocycles. The topological polar surface area (TPSA) is 50.9 Å². The van der Waals surface area contributed by atoms with E-state index in [0.29, 0.717) is 0 Å². The van der Waals surface area contributed by atoms with Crippen LogP contribution in [0.25, 0.3) is 0 Å². The molecule has 106 valence electrons. The van der Waals surface area contributed by atoms with Gasteiger partial charge in [0.05, 0.1) is 11.7 Å². The molecule has 1 heterocycles. The van der Waals surface area contributed by atoms with Crippen LogP contribution >= 0.6 is 0 Å². The van der Waals surface area contributed by atoms with Gasteiger partial charge in [0.15, 0.2) is 0 Å². The zero-order valence-corrected chi connectivity index (χ0v) is 12.7. The van der Waals surface area contributed by atoms with Crippen LogP contribution in [0.3, 0.4) is 0 Å². The van der Waals surface area contributed by atoms with Crippen molar-refractivity contribution in [3.05, 3.63) is 64.0 Å². The summed E-state index contributed by atoms with van der Waals surface area (Å²) in [5.74, 6) is 5.83. The highest BCUT2D eigenvalue weighted by molar-refractivity contribution is 5.42. The van der Waals surface area contributed by atoms with Crippen molar-refractivity contribution in [3.63, 3.8) is 0 Å². The van der Waals surface area contributed by atoms with Gasteiger partial charge in [0.1, 0.15) is 0 Å². The summed E-state index contributed by atoms with van der Waals surface area (Å²) in [7, 11) is 0. The van der Waals surface area contributed by atoms with Crippen LogP contribution in [0.2, 0.25) is 0 Å². The van der Waals surface area contributed by atoms with E-state index in [-0.39, 0.29) is 6.04 Å². The first kappa shape index (κ1) is 14.7. The normalized spacial score (nSPS) is 12.4. The number of aryl methyl sites for hydroxylation is 4. The first-order valence-electron chi connectivity index (χ1n) is 7.06. The molecule has 2 rings (SSSR count). The van der Waals surface area contributed by atoms with Gasteiger partial charge in [-0.1, -0.05) is 25.1 Å². The molecule has 1 atom stereocenters. The number of nitrogens with two attached hydrogens (primary N) is 1. The van der Waals surface area contributed by atoms with Crippen molar-refractivity contribution in [1.29, 1.82) is 0 Å². The largest absolute Gasteiger partial charge is 0.271 e. The van der Waals surface area contributed by atoms with E-state index in [1.165, 1.54) is 27.8 Å². The Labute approximate surface area is 121 Å². The molecule has 3 nitrogen and oxygen atoms in total. The third kappa shape index (κ3) is 2.74. The van der Waals surface area contributed by atoms with Crippen LogP contribution < -0.4 is 11.3 Å². The minimum Gasteiger partial charge on any atom is -0.271 e. The van der Waals surface area contributed by atoms with Gasteiger partial charge in [0.25, 0.3) is 0 Å². The molecule has 2 aromatic rings. The van der Waals surface area contributed by atoms with Crippen LogP contribution in [0, 0.1) is 20.8 Å². The van der Waals surface area contributed by atoms with Gasteiger partial charge in [-0.15, -0.1) is 0 Å². The molecule has 0 radical (unpaired) electrons. The molecule has 3 N–H and O–H groups in total. The monoisotopic (exact) mass is 269 g/mol. The number of rotatable bonds is 4. The molecule has 0 aliphatic heterocycles. The molecule has 3 heteroatoms. The van der Waals surface area contributed by atoms with E-state index in [0.717, 1.165) is 12.1 Å². The number of aromatic nitrogens is 1. The van der Waals surface area contributed by atoms with Crippen molar-refractivity contribution in [2.24, 2.45) is 5.84 Å². The lowest BCUT2D eigenvalue weighted by Gasteiger charge is -2.21. The number of hydrazine groups is 1. The number of hydrogen-bond acceptors (Lipinski definition) is 3. The lowest BCUT2D eigenvalue weighted by Crippen LogP contribution is -2.31. The van der Waals surface area contributed by atoms with Gasteiger partial charge in [-0.2, -0.15) is 0 Å². The number of pyridine rings is 1. The minimum absolute atomic E-state index is 0.0644. The number of benzene rings is 1. The van der Waals surface area contributed by atoms with Crippen molar-refractivity contribution in [1.82, 2.24) is 10.4 Å². The van der Waals surface area contributed by atoms with Crippen LogP contribution in [0.1, 0.15) is 46.5 Å². The Bertz CT molecular complexity index is 605. The third-order valence-electron chi connectivity index (χ3n) is 3.94. The maximum atomic E-state index is 5.83. The highest BCUT2D eigenvalue weighted by Gasteiger charge is 2.19. The van der Waals surface area contributed by atoms with E-state index in [1.807, 2.05) is 12.3 Å². The number of hydrogen-bond donors (Lipinski definition) is 2. The highest BCUT2D eigenvalue weighted by Crippen LogP contribution is 2.27. The molecule has 0 aliphatic carbocycles. The molecule has 0 saturated heterocycles. The van der Waals surface area contributed by atoms with E-state index >= 15 is 0 Å². The zero-order valence-electron chi connectivity index (χ0n) is 12.7. The Morgan fingerprint density at radius 2 is 1.85 bits per heavy atom. The smallest absolute Gasteiger partial charge is 0.0886 e. The van der Waals surface area contributed by atoms with E-state index in [9.17, 15) is 0 Å². The van der Waals surface area contributed by atoms with Gasteiger partial charge in [-0.3, -0.25) is 10.8 Å². The molecule has 1 aromatic heterocycles. The summed E-state index contributed by atoms with van der Waals surface area (Å²) in [6, 6.07) is 8.45. The summed E-state index contributed by atoms with van der Waals surface area (Å²) < 4.78 is 0. The summed E-state index contributed by atoms with van der Waals surface area (Å²) in [4.78, 5) is 4.55. The Kier molecular flexibility index (Phi) is 4.53. The molecule has 0 saturated carbocycles. The second kappa shape index (κ2) is 6.16. The predicted molar refractivity (Wildman–Crippen MR) is 83.4 cm³/mol. The Hall–Kier alpha value is -1.71. The van der Waals surface area contributed by atoms with Gasteiger partial charge in [-0.25, -0.2) is 5.43 Å². The molecule has 20 heavy (non-hydrogen) atoms. The molecule has 1 unspecified atom stereocenters. The summed E-state index contributed by atoms with van der Waals surface area (Å²) in [6.07, 6.45) is 2.78. The summed E-state index contributed by atoms with van der Waals surface area (Å²) in [5.41, 5.74) is 10.2. The Morgan fingerprint density at radius 3 is 2.50 bits per heavy atom. The first-order valence-corrected chi connectivity index (χ1v) is 7.06. The zero-order chi connectivity index (χ0) is 14.7. The summed E-state index contributed by atoms with van der Waals surface area (Å²) in [5, 5.41) is 0. The van der Waals surface area contributed by atoms with Gasteiger partial charge in [0.2, 0.25) is 0 Å². The van der Waals surface area contributed by atoms with Crippen LogP contribution in [0.4, 0.5) is 0 Å². The minimum atomic E-state index is -0.0644. The molecular weight excluding hydrogens is 246 g/mol. The van der Waals surface area contributed by atoms with Crippen molar-refractivity contribution in [2.75, 3.05) is 0 Å². The summed E-state index contributed by atoms with van der Waals surface area (Å²) >= 11 is 0. The van der Waals surface area contributed by atoms with Crippen molar-refractivity contribution in [3.8, 4) is 0 Å². The molecule has 0 fully saturated rings. The predicted octanol–water partition coefficient (Wildman–Crippen LogP) is 3.12. The van der Waals surface area contributed by atoms with E-state index < -0.39 is 0 Å². The highest BCUT2D eigenvalue weighted by atomic mass is 15.2. The standard InChI is InChI=1S/C17H23N3/c1-5-14-7-6-8-19-16(14)17(20-18)15-10-12(3)11(2)9-13(15)4/h6-10,17,20H,5,18H2,1-4H3. The van der Waals surface area contributed by atoms with Crippen LogP contribution in [-0.4, -0.2) is 4.98 Å². The second-order valence-corrected chi connectivity index (χ2v) is 5.29. The quantitative estimate of drug-likeness (QED) is 0.662. The average Bonchev–Trinajstić information content (AvgIpc) is 2.45. The fourth-order valence-electron chi connectivity index (χ4n) is 2.62. The van der Waals surface area contributed by atoms with Crippen molar-refractivity contribution in [2.45, 2.75) is 40.2 Å². The number of nitrogens with zero attached hydrogens (tertiary/aromatic N) is 1. The van der Waals surface area contributed by atoms with Crippen molar-refractivity contribution < 1.29 is 0 Å². The second-order valence-electron chi connectivity index (χ2n) is 5.29. The van der Waals surface area contributed by atoms with Crippen LogP contribution in [0.15, 0.2) is 30.5 Å². The maximum Gasteiger partial charge on any atom is 0.0886 e. The van der Waals surface area contributed by atoms with Gasteiger partial charge in [-0.05, 0) is 61.1 Å². The molecule has 0 bridgehead atoms. The van der Waals surface area contributed by atoms with E-state index in [2.05, 4.69) is 56.3 Å². The average molecular weight is 269 g/mol. The maximum absolute atomic E-state index is 5.83. The fraction of sp³-hybridized carbons (Fsp3) is 0.353. The third-order valence-corrected chi connectivity index (χ3v) is 3.94. The van der Waals surface area contributed by atoms with Crippen LogP contribution in [0.5, 0.6) is 0 Å². The number of nitrogens with one attached hydrogen (secondary N) is 1. The van der Waals surface area contributed by atoms with Gasteiger partial charge in [0, 0.05) is 6.20 Å². The van der Waals surface area contributed by atoms with Gasteiger partial charge < -0.3 is 0 Å². The van der Waals surface area contributed by atoms with Crippen molar-refractivity contribution >= 4 is 0 Å². The Balaban J connectivity index is 2.55. The van der Waals surface area contributed by atoms with Crippen LogP contribution in [-0.2, 0) is 6.42 Å². The van der Waals surface area contributed by atoms with Gasteiger partial charge >= 0.3 is 0 Å². The van der Waals surface area contributed by atoms with E-state index in [4.69, 9.17) is 5.84 Å². The molecule has 0 aliphatic rings.